The summed E-state index contributed by atoms with van der Waals surface area (Å²) in [6, 6.07) is 0. The summed E-state index contributed by atoms with van der Waals surface area (Å²) in [7, 11) is 2.07. The Hall–Kier alpha value is 0.137. The van der Waals surface area contributed by atoms with E-state index in [-0.39, 0.29) is 5.04 Å². The van der Waals surface area contributed by atoms with Gasteiger partial charge in [0.05, 0.1) is 0 Å². The van der Waals surface area contributed by atoms with E-state index in [4.69, 9.17) is 8.85 Å². The molecule has 0 saturated heterocycles. The molecule has 1 saturated carbocycles. The summed E-state index contributed by atoms with van der Waals surface area (Å²) < 4.78 is 11.2. The fourth-order valence-electron chi connectivity index (χ4n) is 2.80. The van der Waals surface area contributed by atoms with Crippen LogP contribution in [0.3, 0.4) is 0 Å². The van der Waals surface area contributed by atoms with Crippen LogP contribution in [0.2, 0.25) is 5.04 Å². The third kappa shape index (κ3) is 1.55. The molecule has 0 aromatic rings. The molecule has 0 aromatic carbocycles. The van der Waals surface area contributed by atoms with Crippen molar-refractivity contribution in [2.45, 2.75) is 45.6 Å². The van der Waals surface area contributed by atoms with E-state index in [1.165, 1.54) is 12.8 Å². The largest absolute Gasteiger partial charge is 0.400 e. The highest BCUT2D eigenvalue weighted by atomic mass is 28.3. The summed E-state index contributed by atoms with van der Waals surface area (Å²) in [5, 5.41) is 0.274. The first-order chi connectivity index (χ1) is 6.40. The molecule has 1 aliphatic rings. The molecule has 1 aliphatic carbocycles. The summed E-state index contributed by atoms with van der Waals surface area (Å²) in [6.07, 6.45) is 2.56. The van der Waals surface area contributed by atoms with Crippen LogP contribution in [-0.4, -0.2) is 23.5 Å². The molecule has 0 aromatic heterocycles. The van der Waals surface area contributed by atoms with Crippen LogP contribution in [0.4, 0.5) is 0 Å². The lowest BCUT2D eigenvalue weighted by atomic mass is 9.76. The second-order valence-corrected chi connectivity index (χ2v) is 8.26. The molecule has 0 bridgehead atoms. The first-order valence-electron chi connectivity index (χ1n) is 5.45. The molecule has 2 atom stereocenters. The van der Waals surface area contributed by atoms with Gasteiger partial charge in [-0.3, -0.25) is 0 Å². The predicted molar refractivity (Wildman–Crippen MR) is 61.7 cm³/mol. The van der Waals surface area contributed by atoms with E-state index in [0.29, 0.717) is 5.41 Å². The van der Waals surface area contributed by atoms with Crippen LogP contribution in [0.1, 0.15) is 40.5 Å². The Bertz CT molecular complexity index is 201. The average molecular weight is 216 g/mol. The zero-order valence-electron chi connectivity index (χ0n) is 10.4. The van der Waals surface area contributed by atoms with Crippen molar-refractivity contribution in [1.82, 2.24) is 0 Å². The highest BCUT2D eigenvalue weighted by Gasteiger charge is 2.55. The minimum atomic E-state index is -1.52. The van der Waals surface area contributed by atoms with Crippen LogP contribution in [-0.2, 0) is 8.85 Å². The molecule has 1 rings (SSSR count). The van der Waals surface area contributed by atoms with Crippen molar-refractivity contribution in [1.29, 1.82) is 0 Å². The smallest absolute Gasteiger partial charge is 0.327 e. The van der Waals surface area contributed by atoms with E-state index in [2.05, 4.69) is 27.7 Å². The van der Waals surface area contributed by atoms with Gasteiger partial charge in [-0.2, -0.15) is 0 Å². The first-order valence-corrected chi connectivity index (χ1v) is 6.97. The van der Waals surface area contributed by atoms with Crippen molar-refractivity contribution in [3.63, 3.8) is 0 Å². The summed E-state index contributed by atoms with van der Waals surface area (Å²) in [6.45, 7) is 9.42. The zero-order valence-corrected chi connectivity index (χ0v) is 11.5. The Morgan fingerprint density at radius 3 is 1.93 bits per heavy atom. The second kappa shape index (κ2) is 3.95. The van der Waals surface area contributed by atoms with Crippen molar-refractivity contribution >= 4 is 9.28 Å². The van der Waals surface area contributed by atoms with Gasteiger partial charge in [0.25, 0.3) is 0 Å². The minimum absolute atomic E-state index is 0.274. The number of hydrogen-bond acceptors (Lipinski definition) is 2. The normalized spacial score (nSPS) is 36.6. The van der Waals surface area contributed by atoms with Gasteiger partial charge >= 0.3 is 9.28 Å². The molecule has 14 heavy (non-hydrogen) atoms. The van der Waals surface area contributed by atoms with Crippen molar-refractivity contribution in [3.8, 4) is 0 Å². The van der Waals surface area contributed by atoms with Gasteiger partial charge in [0.2, 0.25) is 0 Å². The Balaban J connectivity index is 2.93. The SMILES string of the molecule is CO[SiH](OC)C1(C)CCC(C)C1(C)C. The van der Waals surface area contributed by atoms with E-state index in [9.17, 15) is 0 Å². The van der Waals surface area contributed by atoms with Crippen LogP contribution in [0, 0.1) is 11.3 Å². The van der Waals surface area contributed by atoms with Gasteiger partial charge in [0.15, 0.2) is 0 Å². The summed E-state index contributed by atoms with van der Waals surface area (Å²) in [5.74, 6) is 0.771. The van der Waals surface area contributed by atoms with Crippen LogP contribution in [0.25, 0.3) is 0 Å². The van der Waals surface area contributed by atoms with E-state index in [1.54, 1.807) is 14.2 Å². The average Bonchev–Trinajstić information content (AvgIpc) is 2.33. The monoisotopic (exact) mass is 216 g/mol. The van der Waals surface area contributed by atoms with Gasteiger partial charge in [0.1, 0.15) is 0 Å². The molecule has 1 fully saturated rings. The standard InChI is InChI=1S/C11H24O2Si/c1-9-7-8-11(4,10(9,2)3)14(12-5)13-6/h9,14H,7-8H2,1-6H3. The molecule has 0 spiro atoms. The Labute approximate surface area is 89.8 Å². The molecule has 84 valence electrons. The zero-order chi connectivity index (χ0) is 11.0. The molecule has 3 heteroatoms. The Morgan fingerprint density at radius 2 is 1.64 bits per heavy atom. The fourth-order valence-corrected chi connectivity index (χ4v) is 5.33. The second-order valence-electron chi connectivity index (χ2n) is 5.38. The molecule has 2 unspecified atom stereocenters. The Morgan fingerprint density at radius 1 is 1.14 bits per heavy atom. The quantitative estimate of drug-likeness (QED) is 0.675. The number of rotatable bonds is 3. The highest BCUT2D eigenvalue weighted by molar-refractivity contribution is 6.48. The maximum Gasteiger partial charge on any atom is 0.327 e. The maximum atomic E-state index is 5.59. The fraction of sp³-hybridized carbons (Fsp3) is 1.00. The maximum absolute atomic E-state index is 5.59. The van der Waals surface area contributed by atoms with Crippen molar-refractivity contribution in [2.24, 2.45) is 11.3 Å². The lowest BCUT2D eigenvalue weighted by molar-refractivity contribution is 0.157. The van der Waals surface area contributed by atoms with E-state index < -0.39 is 9.28 Å². The van der Waals surface area contributed by atoms with Gasteiger partial charge in [0, 0.05) is 19.3 Å². The van der Waals surface area contributed by atoms with Crippen LogP contribution in [0.15, 0.2) is 0 Å². The van der Waals surface area contributed by atoms with E-state index in [1.807, 2.05) is 0 Å². The predicted octanol–water partition coefficient (Wildman–Crippen LogP) is 2.72. The van der Waals surface area contributed by atoms with Crippen LogP contribution >= 0.6 is 0 Å². The summed E-state index contributed by atoms with van der Waals surface area (Å²) in [5.41, 5.74) is 0.343. The molecule has 0 heterocycles. The third-order valence-corrected chi connectivity index (χ3v) is 7.68. The molecule has 2 nitrogen and oxygen atoms in total. The summed E-state index contributed by atoms with van der Waals surface area (Å²) >= 11 is 0. The van der Waals surface area contributed by atoms with Gasteiger partial charge in [-0.15, -0.1) is 0 Å². The Kier molecular flexibility index (Phi) is 3.44. The lowest BCUT2D eigenvalue weighted by Crippen LogP contribution is -2.43. The van der Waals surface area contributed by atoms with Crippen molar-refractivity contribution in [3.05, 3.63) is 0 Å². The molecule has 0 N–H and O–H groups in total. The minimum Gasteiger partial charge on any atom is -0.400 e. The molecule has 0 amide bonds. The van der Waals surface area contributed by atoms with Gasteiger partial charge in [-0.25, -0.2) is 0 Å². The molecular formula is C11H24O2Si. The molecule has 0 radical (unpaired) electrons. The molecular weight excluding hydrogens is 192 g/mol. The lowest BCUT2D eigenvalue weighted by Gasteiger charge is -2.43. The van der Waals surface area contributed by atoms with E-state index in [0.717, 1.165) is 5.92 Å². The number of hydrogen-bond donors (Lipinski definition) is 0. The van der Waals surface area contributed by atoms with Crippen LogP contribution < -0.4 is 0 Å². The summed E-state index contributed by atoms with van der Waals surface area (Å²) in [4.78, 5) is 0. The molecule has 0 aliphatic heterocycles. The first kappa shape index (κ1) is 12.2. The van der Waals surface area contributed by atoms with E-state index >= 15 is 0 Å². The van der Waals surface area contributed by atoms with Crippen LogP contribution in [0.5, 0.6) is 0 Å². The third-order valence-electron chi connectivity index (χ3n) is 4.75. The van der Waals surface area contributed by atoms with Gasteiger partial charge in [-0.1, -0.05) is 27.7 Å². The highest BCUT2D eigenvalue weighted by Crippen LogP contribution is 2.62. The topological polar surface area (TPSA) is 18.5 Å². The van der Waals surface area contributed by atoms with Gasteiger partial charge < -0.3 is 8.85 Å². The van der Waals surface area contributed by atoms with Gasteiger partial charge in [-0.05, 0) is 24.2 Å². The van der Waals surface area contributed by atoms with Crippen molar-refractivity contribution < 1.29 is 8.85 Å². The van der Waals surface area contributed by atoms with Crippen molar-refractivity contribution in [2.75, 3.05) is 14.2 Å².